The lowest BCUT2D eigenvalue weighted by Gasteiger charge is -2.33. The number of nitrogens with one attached hydrogen (secondary N) is 1. The molecule has 0 aliphatic carbocycles. The molecule has 0 aliphatic rings. The largest absolute Gasteiger partial charge is 0.495 e. The number of hydrogen-bond acceptors (Lipinski definition) is 5. The summed E-state index contributed by atoms with van der Waals surface area (Å²) in [7, 11) is -2.51. The zero-order chi connectivity index (χ0) is 30.9. The molecule has 0 aliphatic heterocycles. The molecule has 2 amide bonds. The van der Waals surface area contributed by atoms with Gasteiger partial charge in [0.05, 0.1) is 24.1 Å². The summed E-state index contributed by atoms with van der Waals surface area (Å²) in [5, 5.41) is 3.84. The van der Waals surface area contributed by atoms with Gasteiger partial charge in [-0.3, -0.25) is 13.9 Å². The van der Waals surface area contributed by atoms with E-state index in [9.17, 15) is 18.0 Å². The van der Waals surface area contributed by atoms with E-state index in [1.165, 1.54) is 30.2 Å². The van der Waals surface area contributed by atoms with Crippen molar-refractivity contribution in [3.05, 3.63) is 92.9 Å². The van der Waals surface area contributed by atoms with Gasteiger partial charge in [0, 0.05) is 29.6 Å². The summed E-state index contributed by atoms with van der Waals surface area (Å²) < 4.78 is 32.0. The maximum Gasteiger partial charge on any atom is 0.244 e. The van der Waals surface area contributed by atoms with Gasteiger partial charge in [0.2, 0.25) is 21.8 Å². The molecule has 0 fully saturated rings. The SMILES string of the molecule is CCCCNC(=O)[C@@H](Cc1ccccc1)N(Cc1ccc(Cl)cc1Cl)C(=O)CN(c1ccc(OC)c(Cl)c1)S(C)(=O)=O. The summed E-state index contributed by atoms with van der Waals surface area (Å²) in [5.74, 6) is -0.611. The van der Waals surface area contributed by atoms with Gasteiger partial charge in [-0.2, -0.15) is 0 Å². The molecule has 1 N–H and O–H groups in total. The van der Waals surface area contributed by atoms with E-state index in [-0.39, 0.29) is 29.6 Å². The van der Waals surface area contributed by atoms with E-state index in [4.69, 9.17) is 39.5 Å². The van der Waals surface area contributed by atoms with Crippen LogP contribution in [0.3, 0.4) is 0 Å². The summed E-state index contributed by atoms with van der Waals surface area (Å²) in [4.78, 5) is 29.2. The molecule has 3 rings (SSSR count). The van der Waals surface area contributed by atoms with Gasteiger partial charge in [0.15, 0.2) is 0 Å². The zero-order valence-electron chi connectivity index (χ0n) is 23.6. The van der Waals surface area contributed by atoms with E-state index in [0.29, 0.717) is 27.9 Å². The second kappa shape index (κ2) is 15.5. The van der Waals surface area contributed by atoms with Crippen molar-refractivity contribution in [2.24, 2.45) is 0 Å². The van der Waals surface area contributed by atoms with Crippen LogP contribution in [0.2, 0.25) is 15.1 Å². The van der Waals surface area contributed by atoms with Gasteiger partial charge in [0.25, 0.3) is 0 Å². The van der Waals surface area contributed by atoms with Crippen LogP contribution in [-0.2, 0) is 32.6 Å². The second-order valence-electron chi connectivity index (χ2n) is 9.70. The van der Waals surface area contributed by atoms with Gasteiger partial charge < -0.3 is 15.0 Å². The molecule has 0 saturated carbocycles. The normalized spacial score (nSPS) is 12.0. The average Bonchev–Trinajstić information content (AvgIpc) is 2.94. The first-order valence-electron chi connectivity index (χ1n) is 13.3. The first kappa shape index (κ1) is 33.5. The number of benzene rings is 3. The van der Waals surface area contributed by atoms with Gasteiger partial charge in [-0.25, -0.2) is 8.42 Å². The van der Waals surface area contributed by atoms with Crippen molar-refractivity contribution in [2.45, 2.75) is 38.8 Å². The Balaban J connectivity index is 2.07. The molecule has 1 atom stereocenters. The summed E-state index contributed by atoms with van der Waals surface area (Å²) in [6, 6.07) is 17.6. The van der Waals surface area contributed by atoms with Crippen LogP contribution in [0.5, 0.6) is 5.75 Å². The number of halogens is 3. The van der Waals surface area contributed by atoms with Crippen LogP contribution in [0.15, 0.2) is 66.7 Å². The number of rotatable bonds is 14. The van der Waals surface area contributed by atoms with Crippen molar-refractivity contribution < 1.29 is 22.7 Å². The fraction of sp³-hybridized carbons (Fsp3) is 0.333. The maximum atomic E-state index is 14.1. The number of methoxy groups -OCH3 is 1. The molecule has 3 aromatic carbocycles. The molecule has 0 bridgehead atoms. The van der Waals surface area contributed by atoms with Crippen LogP contribution in [0.25, 0.3) is 0 Å². The van der Waals surface area contributed by atoms with E-state index in [1.807, 2.05) is 37.3 Å². The smallest absolute Gasteiger partial charge is 0.244 e. The molecule has 0 heterocycles. The molecule has 12 heteroatoms. The predicted molar refractivity (Wildman–Crippen MR) is 169 cm³/mol. The monoisotopic (exact) mass is 653 g/mol. The van der Waals surface area contributed by atoms with Crippen molar-refractivity contribution in [1.29, 1.82) is 0 Å². The fourth-order valence-electron chi connectivity index (χ4n) is 4.32. The molecule has 0 unspecified atom stereocenters. The van der Waals surface area contributed by atoms with Crippen molar-refractivity contribution in [3.8, 4) is 5.75 Å². The van der Waals surface area contributed by atoms with Gasteiger partial charge in [-0.15, -0.1) is 0 Å². The lowest BCUT2D eigenvalue weighted by Crippen LogP contribution is -2.53. The third kappa shape index (κ3) is 9.26. The van der Waals surface area contributed by atoms with Gasteiger partial charge in [-0.05, 0) is 47.9 Å². The van der Waals surface area contributed by atoms with Crippen LogP contribution in [0.1, 0.15) is 30.9 Å². The molecule has 0 spiro atoms. The Kier molecular flexibility index (Phi) is 12.4. The Bertz CT molecular complexity index is 1490. The van der Waals surface area contributed by atoms with Gasteiger partial charge in [-0.1, -0.05) is 84.5 Å². The maximum absolute atomic E-state index is 14.1. The third-order valence-electron chi connectivity index (χ3n) is 6.56. The Hall–Kier alpha value is -2.98. The Labute approximate surface area is 262 Å². The van der Waals surface area contributed by atoms with E-state index in [1.54, 1.807) is 18.2 Å². The number of nitrogens with zero attached hydrogens (tertiary/aromatic N) is 2. The van der Waals surface area contributed by atoms with Crippen molar-refractivity contribution in [3.63, 3.8) is 0 Å². The van der Waals surface area contributed by atoms with Crippen molar-refractivity contribution in [1.82, 2.24) is 10.2 Å². The quantitative estimate of drug-likeness (QED) is 0.216. The lowest BCUT2D eigenvalue weighted by molar-refractivity contribution is -0.140. The number of hydrogen-bond donors (Lipinski definition) is 1. The molecule has 3 aromatic rings. The predicted octanol–water partition coefficient (Wildman–Crippen LogP) is 5.98. The van der Waals surface area contributed by atoms with Crippen LogP contribution < -0.4 is 14.4 Å². The minimum Gasteiger partial charge on any atom is -0.495 e. The van der Waals surface area contributed by atoms with E-state index >= 15 is 0 Å². The van der Waals surface area contributed by atoms with Crippen LogP contribution in [0.4, 0.5) is 5.69 Å². The molecule has 0 aromatic heterocycles. The molecule has 8 nitrogen and oxygen atoms in total. The molecular formula is C30H34Cl3N3O5S. The van der Waals surface area contributed by atoms with Crippen LogP contribution in [-0.4, -0.2) is 57.6 Å². The summed E-state index contributed by atoms with van der Waals surface area (Å²) in [5.41, 5.74) is 1.55. The number of anilines is 1. The van der Waals surface area contributed by atoms with Crippen LogP contribution in [0, 0.1) is 0 Å². The van der Waals surface area contributed by atoms with E-state index in [0.717, 1.165) is 29.0 Å². The van der Waals surface area contributed by atoms with Crippen molar-refractivity contribution in [2.75, 3.05) is 30.8 Å². The highest BCUT2D eigenvalue weighted by molar-refractivity contribution is 7.92. The number of ether oxygens (including phenoxy) is 1. The second-order valence-corrected chi connectivity index (χ2v) is 12.9. The van der Waals surface area contributed by atoms with Gasteiger partial charge in [0.1, 0.15) is 18.3 Å². The topological polar surface area (TPSA) is 96.0 Å². The number of sulfonamides is 1. The summed E-state index contributed by atoms with van der Waals surface area (Å²) in [6.45, 7) is 1.80. The molecule has 0 radical (unpaired) electrons. The third-order valence-corrected chi connectivity index (χ3v) is 8.58. The Morgan fingerprint density at radius 3 is 2.29 bits per heavy atom. The molecule has 0 saturated heterocycles. The Morgan fingerprint density at radius 1 is 0.976 bits per heavy atom. The first-order valence-corrected chi connectivity index (χ1v) is 16.3. The number of unbranched alkanes of at least 4 members (excludes halogenated alkanes) is 1. The van der Waals surface area contributed by atoms with E-state index in [2.05, 4.69) is 5.32 Å². The standard InChI is InChI=1S/C30H34Cl3N3O5S/c1-4-5-15-34-30(38)27(16-21-9-7-6-8-10-21)35(19-22-11-12-23(31)17-25(22)32)29(37)20-36(42(3,39)40)24-13-14-28(41-2)26(33)18-24/h6-14,17-18,27H,4-5,15-16,19-20H2,1-3H3,(H,34,38)/t27-/m1/s1. The van der Waals surface area contributed by atoms with Crippen LogP contribution >= 0.6 is 34.8 Å². The average molecular weight is 655 g/mol. The minimum absolute atomic E-state index is 0.0610. The number of amides is 2. The zero-order valence-corrected chi connectivity index (χ0v) is 26.7. The molecule has 226 valence electrons. The van der Waals surface area contributed by atoms with Gasteiger partial charge >= 0.3 is 0 Å². The highest BCUT2D eigenvalue weighted by atomic mass is 35.5. The molecular weight excluding hydrogens is 621 g/mol. The molecule has 42 heavy (non-hydrogen) atoms. The fourth-order valence-corrected chi connectivity index (χ4v) is 5.88. The van der Waals surface area contributed by atoms with E-state index < -0.39 is 28.5 Å². The first-order chi connectivity index (χ1) is 19.9. The number of carbonyl (C=O) groups is 2. The Morgan fingerprint density at radius 2 is 1.69 bits per heavy atom. The minimum atomic E-state index is -3.95. The van der Waals surface area contributed by atoms with Crippen molar-refractivity contribution >= 4 is 62.3 Å². The number of carbonyl (C=O) groups excluding carboxylic acids is 2. The summed E-state index contributed by atoms with van der Waals surface area (Å²) in [6.07, 6.45) is 2.84. The highest BCUT2D eigenvalue weighted by Crippen LogP contribution is 2.31. The highest BCUT2D eigenvalue weighted by Gasteiger charge is 2.33. The lowest BCUT2D eigenvalue weighted by atomic mass is 10.0. The summed E-state index contributed by atoms with van der Waals surface area (Å²) >= 11 is 18.9.